The molecule has 0 aliphatic heterocycles. The molecule has 0 bridgehead atoms. The van der Waals surface area contributed by atoms with Gasteiger partial charge in [0.15, 0.2) is 0 Å². The molecule has 0 aromatic heterocycles. The first-order chi connectivity index (χ1) is 8.05. The van der Waals surface area contributed by atoms with E-state index < -0.39 is 13.4 Å². The highest BCUT2D eigenvalue weighted by Crippen LogP contribution is 2.40. The van der Waals surface area contributed by atoms with Gasteiger partial charge in [0.1, 0.15) is 0 Å². The largest absolute Gasteiger partial charge is 0.255 e. The van der Waals surface area contributed by atoms with Crippen molar-refractivity contribution in [3.8, 4) is 0 Å². The fourth-order valence-corrected chi connectivity index (χ4v) is 4.87. The third kappa shape index (κ3) is 4.15. The summed E-state index contributed by atoms with van der Waals surface area (Å²) in [6, 6.07) is 8.19. The Kier molecular flexibility index (Phi) is 5.68. The lowest BCUT2D eigenvalue weighted by atomic mass is 10.0. The Morgan fingerprint density at radius 2 is 1.06 bits per heavy atom. The minimum Gasteiger partial charge on any atom is -0.145 e. The van der Waals surface area contributed by atoms with Crippen LogP contribution in [0.3, 0.4) is 0 Å². The van der Waals surface area contributed by atoms with Gasteiger partial charge in [0.05, 0.1) is 0 Å². The third-order valence-corrected chi connectivity index (χ3v) is 11.0. The van der Waals surface area contributed by atoms with Crippen LogP contribution in [0.4, 0.5) is 0 Å². The second-order valence-corrected chi connectivity index (χ2v) is 21.1. The van der Waals surface area contributed by atoms with Crippen molar-refractivity contribution in [3.05, 3.63) is 35.4 Å². The highest BCUT2D eigenvalue weighted by molar-refractivity contribution is 7.45. The van der Waals surface area contributed by atoms with Crippen molar-refractivity contribution in [1.82, 2.24) is 0 Å². The maximum absolute atomic E-state index is 6.36. The van der Waals surface area contributed by atoms with Gasteiger partial charge in [-0.25, -0.2) is 0 Å². The summed E-state index contributed by atoms with van der Waals surface area (Å²) in [6.07, 6.45) is 0. The van der Waals surface area contributed by atoms with Gasteiger partial charge >= 0.3 is 0 Å². The Hall–Kier alpha value is 0.814. The first kappa shape index (κ1) is 16.9. The lowest BCUT2D eigenvalue weighted by Gasteiger charge is -2.28. The van der Waals surface area contributed by atoms with E-state index in [9.17, 15) is 0 Å². The fourth-order valence-electron chi connectivity index (χ4n) is 1.85. The molecule has 0 aliphatic carbocycles. The van der Waals surface area contributed by atoms with Crippen molar-refractivity contribution in [1.29, 1.82) is 0 Å². The highest BCUT2D eigenvalue weighted by atomic mass is 35.7. The SMILES string of the molecule is CC(c1ccccc1C(C)[Si](C)(Cl)Cl)[Si](C)(Cl)Cl. The zero-order valence-electron chi connectivity index (χ0n) is 11.0. The van der Waals surface area contributed by atoms with E-state index in [-0.39, 0.29) is 11.1 Å². The molecule has 1 aromatic rings. The first-order valence-electron chi connectivity index (χ1n) is 5.89. The monoisotopic (exact) mass is 358 g/mol. The van der Waals surface area contributed by atoms with Crippen molar-refractivity contribution in [2.45, 2.75) is 38.0 Å². The number of benzene rings is 1. The Morgan fingerprint density at radius 1 is 0.778 bits per heavy atom. The summed E-state index contributed by atoms with van der Waals surface area (Å²) in [5, 5.41) is 0. The van der Waals surface area contributed by atoms with Gasteiger partial charge in [-0.15, -0.1) is 44.3 Å². The van der Waals surface area contributed by atoms with Crippen molar-refractivity contribution in [2.75, 3.05) is 0 Å². The molecule has 0 spiro atoms. The molecule has 2 atom stereocenters. The molecule has 0 saturated carbocycles. The van der Waals surface area contributed by atoms with Crippen LogP contribution in [-0.4, -0.2) is 13.4 Å². The number of hydrogen-bond acceptors (Lipinski definition) is 0. The summed E-state index contributed by atoms with van der Waals surface area (Å²) in [6.45, 7) is 3.53. The van der Waals surface area contributed by atoms with E-state index in [1.54, 1.807) is 0 Å². The molecule has 0 heterocycles. The average molecular weight is 360 g/mol. The van der Waals surface area contributed by atoms with E-state index in [1.807, 2.05) is 25.2 Å². The molecular formula is C12H18Cl4Si2. The number of hydrogen-bond donors (Lipinski definition) is 0. The molecule has 0 amide bonds. The molecule has 2 unspecified atom stereocenters. The topological polar surface area (TPSA) is 0 Å². The van der Waals surface area contributed by atoms with E-state index in [2.05, 4.69) is 26.0 Å². The molecule has 6 heteroatoms. The molecule has 0 aliphatic rings. The van der Waals surface area contributed by atoms with E-state index >= 15 is 0 Å². The molecule has 0 saturated heterocycles. The number of rotatable bonds is 4. The maximum Gasteiger partial charge on any atom is 0.255 e. The van der Waals surface area contributed by atoms with Gasteiger partial charge in [-0.05, 0) is 24.2 Å². The quantitative estimate of drug-likeness (QED) is 0.451. The molecule has 0 N–H and O–H groups in total. The van der Waals surface area contributed by atoms with Crippen LogP contribution in [0.5, 0.6) is 0 Å². The van der Waals surface area contributed by atoms with Gasteiger partial charge in [0, 0.05) is 11.1 Å². The molecule has 0 radical (unpaired) electrons. The van der Waals surface area contributed by atoms with E-state index in [4.69, 9.17) is 44.3 Å². The molecule has 102 valence electrons. The van der Waals surface area contributed by atoms with Crippen LogP contribution in [0.15, 0.2) is 24.3 Å². The van der Waals surface area contributed by atoms with Crippen molar-refractivity contribution in [2.24, 2.45) is 0 Å². The van der Waals surface area contributed by atoms with E-state index in [1.165, 1.54) is 11.1 Å². The summed E-state index contributed by atoms with van der Waals surface area (Å²) in [4.78, 5) is 0. The summed E-state index contributed by atoms with van der Waals surface area (Å²) in [7, 11) is 0. The molecule has 1 rings (SSSR count). The predicted molar refractivity (Wildman–Crippen MR) is 89.9 cm³/mol. The fraction of sp³-hybridized carbons (Fsp3) is 0.500. The summed E-state index contributed by atoms with van der Waals surface area (Å²) >= 11 is 25.4. The maximum atomic E-state index is 6.36. The van der Waals surface area contributed by atoms with Gasteiger partial charge in [0.25, 0.3) is 13.4 Å². The van der Waals surface area contributed by atoms with Crippen molar-refractivity contribution < 1.29 is 0 Å². The Bertz CT molecular complexity index is 370. The second kappa shape index (κ2) is 6.07. The van der Waals surface area contributed by atoms with Gasteiger partial charge in [-0.2, -0.15) is 0 Å². The van der Waals surface area contributed by atoms with Gasteiger partial charge in [-0.3, -0.25) is 0 Å². The van der Waals surface area contributed by atoms with Crippen molar-refractivity contribution in [3.63, 3.8) is 0 Å². The molecule has 1 aromatic carbocycles. The Morgan fingerprint density at radius 3 is 1.28 bits per heavy atom. The zero-order chi connectivity index (χ0) is 14.1. The predicted octanol–water partition coefficient (Wildman–Crippen LogP) is 6.07. The smallest absolute Gasteiger partial charge is 0.145 e. The van der Waals surface area contributed by atoms with Crippen LogP contribution in [0.2, 0.25) is 13.1 Å². The first-order valence-corrected chi connectivity index (χ1v) is 15.1. The van der Waals surface area contributed by atoms with Crippen LogP contribution in [0, 0.1) is 0 Å². The summed E-state index contributed by atoms with van der Waals surface area (Å²) in [5.41, 5.74) is 2.68. The van der Waals surface area contributed by atoms with Crippen LogP contribution >= 0.6 is 44.3 Å². The third-order valence-electron chi connectivity index (χ3n) is 3.45. The lowest BCUT2D eigenvalue weighted by Crippen LogP contribution is -2.28. The summed E-state index contributed by atoms with van der Waals surface area (Å²) in [5.74, 6) is 0. The molecule has 0 nitrogen and oxygen atoms in total. The molecular weight excluding hydrogens is 342 g/mol. The molecule has 18 heavy (non-hydrogen) atoms. The average Bonchev–Trinajstić information content (AvgIpc) is 2.24. The van der Waals surface area contributed by atoms with Crippen molar-refractivity contribution >= 4 is 57.7 Å². The van der Waals surface area contributed by atoms with Crippen LogP contribution < -0.4 is 0 Å². The van der Waals surface area contributed by atoms with E-state index in [0.29, 0.717) is 0 Å². The number of halogens is 4. The van der Waals surface area contributed by atoms with Crippen LogP contribution in [0.25, 0.3) is 0 Å². The van der Waals surface area contributed by atoms with Crippen LogP contribution in [-0.2, 0) is 0 Å². The minimum absolute atomic E-state index is 0.157. The minimum atomic E-state index is -2.26. The Balaban J connectivity index is 3.23. The highest BCUT2D eigenvalue weighted by Gasteiger charge is 2.37. The standard InChI is InChI=1S/C12H18Cl4Si2/c1-9(17(3,13)14)11-7-5-6-8-12(11)10(2)18(4,15)16/h5-10H,1-4H3. The summed E-state index contributed by atoms with van der Waals surface area (Å²) < 4.78 is 0. The lowest BCUT2D eigenvalue weighted by molar-refractivity contribution is 0.958. The normalized spacial score (nSPS) is 16.4. The zero-order valence-corrected chi connectivity index (χ0v) is 16.0. The second-order valence-electron chi connectivity index (χ2n) is 4.98. The van der Waals surface area contributed by atoms with Crippen LogP contribution in [0.1, 0.15) is 36.1 Å². The molecule has 0 fully saturated rings. The van der Waals surface area contributed by atoms with E-state index in [0.717, 1.165) is 0 Å². The Labute approximate surface area is 130 Å². The van der Waals surface area contributed by atoms with Gasteiger partial charge in [0.2, 0.25) is 0 Å². The van der Waals surface area contributed by atoms with Gasteiger partial charge in [-0.1, -0.05) is 38.1 Å². The van der Waals surface area contributed by atoms with Gasteiger partial charge < -0.3 is 0 Å².